The molecule has 298 valence electrons. The van der Waals surface area contributed by atoms with Crippen LogP contribution in [0.1, 0.15) is 226 Å². The lowest BCUT2D eigenvalue weighted by atomic mass is 9.95. The molecule has 0 aromatic heterocycles. The average molecular weight is 710 g/mol. The van der Waals surface area contributed by atoms with Crippen LogP contribution in [0.2, 0.25) is 0 Å². The first kappa shape index (κ1) is 48.9. The number of nitrogens with zero attached hydrogens (tertiary/aromatic N) is 1. The molecule has 0 aromatic rings. The first-order valence-corrected chi connectivity index (χ1v) is 22.2. The number of rotatable bonds is 41. The molecule has 6 nitrogen and oxygen atoms in total. The first-order chi connectivity index (χ1) is 24.6. The molecule has 0 aliphatic heterocycles. The van der Waals surface area contributed by atoms with Crippen LogP contribution < -0.4 is 0 Å². The van der Waals surface area contributed by atoms with E-state index in [2.05, 4.69) is 25.7 Å². The predicted octanol–water partition coefficient (Wildman–Crippen LogP) is 12.5. The summed E-state index contributed by atoms with van der Waals surface area (Å²) < 4.78 is 11.2. The van der Waals surface area contributed by atoms with E-state index in [9.17, 15) is 14.7 Å². The molecule has 0 rings (SSSR count). The van der Waals surface area contributed by atoms with E-state index in [-0.39, 0.29) is 18.5 Å². The van der Waals surface area contributed by atoms with Crippen molar-refractivity contribution in [3.8, 4) is 0 Å². The average Bonchev–Trinajstić information content (AvgIpc) is 3.12. The quantitative estimate of drug-likeness (QED) is 0.0503. The summed E-state index contributed by atoms with van der Waals surface area (Å²) in [4.78, 5) is 26.9. The van der Waals surface area contributed by atoms with E-state index in [1.54, 1.807) is 0 Å². The number of esters is 2. The van der Waals surface area contributed by atoms with Crippen molar-refractivity contribution in [2.24, 2.45) is 5.92 Å². The normalized spacial score (nSPS) is 11.6. The summed E-state index contributed by atoms with van der Waals surface area (Å²) in [5, 5.41) is 9.36. The van der Waals surface area contributed by atoms with Gasteiger partial charge in [0.15, 0.2) is 0 Å². The van der Waals surface area contributed by atoms with E-state index < -0.39 is 0 Å². The Morgan fingerprint density at radius 2 is 0.840 bits per heavy atom. The third-order valence-electron chi connectivity index (χ3n) is 10.3. The smallest absolute Gasteiger partial charge is 0.305 e. The van der Waals surface area contributed by atoms with Gasteiger partial charge in [0.2, 0.25) is 0 Å². The number of unbranched alkanes of at least 4 members (excludes halogenated alkanes) is 22. The number of ether oxygens (including phenoxy) is 2. The lowest BCUT2D eigenvalue weighted by molar-refractivity contribution is -0.145. The Labute approximate surface area is 312 Å². The van der Waals surface area contributed by atoms with Gasteiger partial charge < -0.3 is 19.5 Å². The predicted molar refractivity (Wildman–Crippen MR) is 214 cm³/mol. The highest BCUT2D eigenvalue weighted by Gasteiger charge is 2.13. The Morgan fingerprint density at radius 1 is 0.460 bits per heavy atom. The van der Waals surface area contributed by atoms with Crippen molar-refractivity contribution in [1.82, 2.24) is 4.90 Å². The van der Waals surface area contributed by atoms with Crippen molar-refractivity contribution in [2.75, 3.05) is 39.5 Å². The van der Waals surface area contributed by atoms with Crippen LogP contribution in [0.5, 0.6) is 0 Å². The summed E-state index contributed by atoms with van der Waals surface area (Å²) in [6.45, 7) is 11.4. The van der Waals surface area contributed by atoms with Gasteiger partial charge in [0.1, 0.15) is 0 Å². The first-order valence-electron chi connectivity index (χ1n) is 22.2. The lowest BCUT2D eigenvalue weighted by Gasteiger charge is -2.22. The van der Waals surface area contributed by atoms with Crippen LogP contribution in [0.4, 0.5) is 0 Å². The Kier molecular flexibility index (Phi) is 39.7. The van der Waals surface area contributed by atoms with Gasteiger partial charge >= 0.3 is 11.9 Å². The van der Waals surface area contributed by atoms with E-state index in [0.717, 1.165) is 64.6 Å². The zero-order chi connectivity index (χ0) is 36.6. The number of carbonyl (C=O) groups is 2. The maximum atomic E-state index is 12.5. The molecule has 0 radical (unpaired) electrons. The Morgan fingerprint density at radius 3 is 1.32 bits per heavy atom. The van der Waals surface area contributed by atoms with Crippen molar-refractivity contribution in [2.45, 2.75) is 226 Å². The van der Waals surface area contributed by atoms with Crippen molar-refractivity contribution in [1.29, 1.82) is 0 Å². The molecule has 0 saturated carbocycles. The van der Waals surface area contributed by atoms with E-state index >= 15 is 0 Å². The van der Waals surface area contributed by atoms with Crippen LogP contribution in [0, 0.1) is 5.92 Å². The Hall–Kier alpha value is -1.14. The van der Waals surface area contributed by atoms with Gasteiger partial charge in [-0.15, -0.1) is 0 Å². The second-order valence-electron chi connectivity index (χ2n) is 15.3. The van der Waals surface area contributed by atoms with Crippen LogP contribution in [-0.2, 0) is 19.1 Å². The minimum atomic E-state index is -0.0218. The molecule has 6 heteroatoms. The van der Waals surface area contributed by atoms with Gasteiger partial charge in [-0.05, 0) is 70.4 Å². The van der Waals surface area contributed by atoms with Crippen molar-refractivity contribution in [3.63, 3.8) is 0 Å². The van der Waals surface area contributed by atoms with Gasteiger partial charge in [0.25, 0.3) is 0 Å². The van der Waals surface area contributed by atoms with Crippen LogP contribution in [0.15, 0.2) is 0 Å². The fraction of sp³-hybridized carbons (Fsp3) is 0.955. The van der Waals surface area contributed by atoms with Gasteiger partial charge in [-0.1, -0.05) is 162 Å². The lowest BCUT2D eigenvalue weighted by Crippen LogP contribution is -2.27. The number of aliphatic hydroxyl groups is 1. The third kappa shape index (κ3) is 36.6. The van der Waals surface area contributed by atoms with Crippen molar-refractivity contribution >= 4 is 11.9 Å². The number of hydrogen-bond acceptors (Lipinski definition) is 6. The summed E-state index contributed by atoms with van der Waals surface area (Å²) in [6.07, 6.45) is 37.3. The summed E-state index contributed by atoms with van der Waals surface area (Å²) >= 11 is 0. The van der Waals surface area contributed by atoms with Crippen LogP contribution in [-0.4, -0.2) is 61.4 Å². The summed E-state index contributed by atoms with van der Waals surface area (Å²) in [5.74, 6) is 0.519. The van der Waals surface area contributed by atoms with Gasteiger partial charge in [0.05, 0.1) is 13.2 Å². The molecule has 1 N–H and O–H groups in total. The summed E-state index contributed by atoms with van der Waals surface area (Å²) in [7, 11) is 0. The highest BCUT2D eigenvalue weighted by Crippen LogP contribution is 2.20. The fourth-order valence-corrected chi connectivity index (χ4v) is 6.88. The second-order valence-corrected chi connectivity index (χ2v) is 15.3. The molecule has 0 aliphatic carbocycles. The van der Waals surface area contributed by atoms with E-state index in [0.29, 0.717) is 32.0 Å². The molecule has 50 heavy (non-hydrogen) atoms. The second kappa shape index (κ2) is 40.6. The van der Waals surface area contributed by atoms with Crippen molar-refractivity contribution < 1.29 is 24.2 Å². The monoisotopic (exact) mass is 710 g/mol. The molecule has 0 saturated heterocycles. The topological polar surface area (TPSA) is 76.1 Å². The largest absolute Gasteiger partial charge is 0.466 e. The Bertz CT molecular complexity index is 688. The van der Waals surface area contributed by atoms with Gasteiger partial charge in [-0.2, -0.15) is 0 Å². The molecular formula is C44H87NO5. The minimum Gasteiger partial charge on any atom is -0.466 e. The Balaban J connectivity index is 3.93. The maximum absolute atomic E-state index is 12.5. The number of hydrogen-bond donors (Lipinski definition) is 1. The highest BCUT2D eigenvalue weighted by atomic mass is 16.5. The van der Waals surface area contributed by atoms with Gasteiger partial charge in [-0.3, -0.25) is 9.59 Å². The van der Waals surface area contributed by atoms with Gasteiger partial charge in [-0.25, -0.2) is 0 Å². The molecule has 0 spiro atoms. The zero-order valence-electron chi connectivity index (χ0n) is 34.0. The molecule has 0 fully saturated rings. The SMILES string of the molecule is CCCCCCCCCC(=O)OCCCCCCCN(CCCO)CCCCCCCC(=O)OCC(CCCCCCC)CCCCCCC. The third-order valence-corrected chi connectivity index (χ3v) is 10.3. The molecular weight excluding hydrogens is 622 g/mol. The van der Waals surface area contributed by atoms with Crippen molar-refractivity contribution in [3.05, 3.63) is 0 Å². The molecule has 0 heterocycles. The summed E-state index contributed by atoms with van der Waals surface area (Å²) in [6, 6.07) is 0. The fourth-order valence-electron chi connectivity index (χ4n) is 6.88. The zero-order valence-corrected chi connectivity index (χ0v) is 34.0. The van der Waals surface area contributed by atoms with Crippen LogP contribution in [0.3, 0.4) is 0 Å². The maximum Gasteiger partial charge on any atom is 0.305 e. The summed E-state index contributed by atoms with van der Waals surface area (Å²) in [5.41, 5.74) is 0. The highest BCUT2D eigenvalue weighted by molar-refractivity contribution is 5.69. The number of aliphatic hydroxyl groups excluding tert-OH is 1. The standard InChI is InChI=1S/C44H87NO5/c1-4-7-10-13-14-19-26-34-43(47)49-40-30-23-16-22-29-37-45(38-31-39-46)36-28-21-15-20-27-35-44(48)50-41-42(32-24-17-11-8-5-2)33-25-18-12-9-6-3/h42,46H,4-41H2,1-3H3. The molecule has 0 amide bonds. The molecule has 0 atom stereocenters. The van der Waals surface area contributed by atoms with E-state index in [1.165, 1.54) is 148 Å². The van der Waals surface area contributed by atoms with E-state index in [4.69, 9.17) is 9.47 Å². The van der Waals surface area contributed by atoms with E-state index in [1.807, 2.05) is 0 Å². The molecule has 0 bridgehead atoms. The number of carbonyl (C=O) groups excluding carboxylic acids is 2. The molecule has 0 unspecified atom stereocenters. The van der Waals surface area contributed by atoms with Crippen LogP contribution in [0.25, 0.3) is 0 Å². The molecule has 0 aliphatic rings. The van der Waals surface area contributed by atoms with Crippen LogP contribution >= 0.6 is 0 Å². The van der Waals surface area contributed by atoms with Gasteiger partial charge in [0, 0.05) is 26.0 Å². The molecule has 0 aromatic carbocycles. The minimum absolute atomic E-state index is 0.00182.